The van der Waals surface area contributed by atoms with Crippen LogP contribution in [0.4, 0.5) is 0 Å². The van der Waals surface area contributed by atoms with Crippen LogP contribution in [0.1, 0.15) is 28.4 Å². The van der Waals surface area contributed by atoms with E-state index in [-0.39, 0.29) is 11.9 Å². The van der Waals surface area contributed by atoms with Crippen molar-refractivity contribution in [1.82, 2.24) is 4.90 Å². The number of hydrogen-bond donors (Lipinski definition) is 0. The molecule has 0 saturated carbocycles. The van der Waals surface area contributed by atoms with Crippen LogP contribution >= 0.6 is 15.9 Å². The van der Waals surface area contributed by atoms with Gasteiger partial charge in [0.15, 0.2) is 0 Å². The van der Waals surface area contributed by atoms with Crippen molar-refractivity contribution < 1.29 is 4.79 Å². The molecule has 0 saturated heterocycles. The summed E-state index contributed by atoms with van der Waals surface area (Å²) in [5.41, 5.74) is 2.95. The maximum absolute atomic E-state index is 12.2. The van der Waals surface area contributed by atoms with Gasteiger partial charge in [0, 0.05) is 24.0 Å². The van der Waals surface area contributed by atoms with Crippen LogP contribution in [0.5, 0.6) is 0 Å². The fourth-order valence-electron chi connectivity index (χ4n) is 1.46. The average Bonchev–Trinajstić information content (AvgIpc) is 2.29. The second-order valence-corrected chi connectivity index (χ2v) is 4.89. The van der Waals surface area contributed by atoms with Gasteiger partial charge in [-0.1, -0.05) is 33.6 Å². The monoisotopic (exact) mass is 283 g/mol. The standard InChI is InChI=1S/C13H18BrNO/c1-9-5-6-10(2)12(7-9)13(16)15(4)11(3)8-14/h5-7,11H,8H2,1-4H3. The van der Waals surface area contributed by atoms with Crippen molar-refractivity contribution >= 4 is 21.8 Å². The quantitative estimate of drug-likeness (QED) is 0.781. The van der Waals surface area contributed by atoms with Crippen molar-refractivity contribution in [3.63, 3.8) is 0 Å². The number of alkyl halides is 1. The lowest BCUT2D eigenvalue weighted by molar-refractivity contribution is 0.0757. The maximum atomic E-state index is 12.2. The molecule has 0 radical (unpaired) electrons. The van der Waals surface area contributed by atoms with E-state index in [9.17, 15) is 4.79 Å². The minimum absolute atomic E-state index is 0.0909. The summed E-state index contributed by atoms with van der Waals surface area (Å²) in [4.78, 5) is 14.0. The van der Waals surface area contributed by atoms with Crippen molar-refractivity contribution in [1.29, 1.82) is 0 Å². The van der Waals surface area contributed by atoms with E-state index in [0.29, 0.717) is 0 Å². The van der Waals surface area contributed by atoms with Gasteiger partial charge in [-0.3, -0.25) is 4.79 Å². The zero-order valence-electron chi connectivity index (χ0n) is 10.2. The van der Waals surface area contributed by atoms with Gasteiger partial charge < -0.3 is 4.90 Å². The summed E-state index contributed by atoms with van der Waals surface area (Å²) in [6, 6.07) is 6.18. The molecule has 0 aromatic heterocycles. The summed E-state index contributed by atoms with van der Waals surface area (Å²) < 4.78 is 0. The van der Waals surface area contributed by atoms with Crippen molar-refractivity contribution in [2.75, 3.05) is 12.4 Å². The minimum Gasteiger partial charge on any atom is -0.338 e. The number of benzene rings is 1. The van der Waals surface area contributed by atoms with Gasteiger partial charge in [-0.05, 0) is 32.4 Å². The van der Waals surface area contributed by atoms with E-state index >= 15 is 0 Å². The number of amides is 1. The normalized spacial score (nSPS) is 12.3. The molecule has 1 amide bonds. The van der Waals surface area contributed by atoms with Crippen LogP contribution in [0.15, 0.2) is 18.2 Å². The molecule has 0 spiro atoms. The van der Waals surface area contributed by atoms with E-state index in [1.165, 1.54) is 0 Å². The molecule has 16 heavy (non-hydrogen) atoms. The molecular formula is C13H18BrNO. The summed E-state index contributed by atoms with van der Waals surface area (Å²) in [5, 5.41) is 0.792. The highest BCUT2D eigenvalue weighted by molar-refractivity contribution is 9.09. The first-order chi connectivity index (χ1) is 7.47. The van der Waals surface area contributed by atoms with Crippen LogP contribution in [0.2, 0.25) is 0 Å². The van der Waals surface area contributed by atoms with E-state index in [1.54, 1.807) is 4.90 Å². The van der Waals surface area contributed by atoms with Crippen molar-refractivity contribution in [3.05, 3.63) is 34.9 Å². The molecule has 1 unspecified atom stereocenters. The predicted octanol–water partition coefficient (Wildman–Crippen LogP) is 3.16. The largest absolute Gasteiger partial charge is 0.338 e. The molecule has 1 atom stereocenters. The summed E-state index contributed by atoms with van der Waals surface area (Å²) in [6.45, 7) is 6.00. The number of carbonyl (C=O) groups is 1. The molecule has 0 aliphatic heterocycles. The van der Waals surface area contributed by atoms with Gasteiger partial charge >= 0.3 is 0 Å². The van der Waals surface area contributed by atoms with E-state index in [0.717, 1.165) is 22.0 Å². The Kier molecular flexibility index (Phi) is 4.54. The number of aryl methyl sites for hydroxylation is 2. The van der Waals surface area contributed by atoms with Gasteiger partial charge in [0.2, 0.25) is 0 Å². The Morgan fingerprint density at radius 2 is 2.06 bits per heavy atom. The van der Waals surface area contributed by atoms with Gasteiger partial charge in [0.25, 0.3) is 5.91 Å². The Morgan fingerprint density at radius 1 is 1.44 bits per heavy atom. The maximum Gasteiger partial charge on any atom is 0.254 e. The van der Waals surface area contributed by atoms with Gasteiger partial charge in [0.1, 0.15) is 0 Å². The molecule has 0 heterocycles. The van der Waals surface area contributed by atoms with Crippen molar-refractivity contribution in [3.8, 4) is 0 Å². The number of carbonyl (C=O) groups excluding carboxylic acids is 1. The Bertz CT molecular complexity index is 390. The predicted molar refractivity (Wildman–Crippen MR) is 71.3 cm³/mol. The topological polar surface area (TPSA) is 20.3 Å². The summed E-state index contributed by atoms with van der Waals surface area (Å²) in [7, 11) is 1.84. The molecule has 0 N–H and O–H groups in total. The molecule has 1 rings (SSSR count). The number of nitrogens with zero attached hydrogens (tertiary/aromatic N) is 1. The molecule has 1 aromatic carbocycles. The molecule has 2 nitrogen and oxygen atoms in total. The first-order valence-corrected chi connectivity index (χ1v) is 6.50. The van der Waals surface area contributed by atoms with E-state index in [4.69, 9.17) is 0 Å². The van der Waals surface area contributed by atoms with Crippen molar-refractivity contribution in [2.24, 2.45) is 0 Å². The molecule has 0 aliphatic rings. The zero-order chi connectivity index (χ0) is 12.3. The van der Waals surface area contributed by atoms with E-state index in [2.05, 4.69) is 15.9 Å². The fraction of sp³-hybridized carbons (Fsp3) is 0.462. The summed E-state index contributed by atoms with van der Waals surface area (Å²) in [5.74, 6) is 0.0909. The van der Waals surface area contributed by atoms with E-state index < -0.39 is 0 Å². The zero-order valence-corrected chi connectivity index (χ0v) is 11.8. The third-order valence-corrected chi connectivity index (χ3v) is 3.77. The second-order valence-electron chi connectivity index (χ2n) is 4.24. The van der Waals surface area contributed by atoms with Crippen LogP contribution in [0.25, 0.3) is 0 Å². The number of rotatable bonds is 3. The van der Waals surface area contributed by atoms with Crippen LogP contribution in [-0.2, 0) is 0 Å². The third kappa shape index (κ3) is 2.85. The molecule has 0 fully saturated rings. The SMILES string of the molecule is Cc1ccc(C)c(C(=O)N(C)C(C)CBr)c1. The minimum atomic E-state index is 0.0909. The van der Waals surface area contributed by atoms with Gasteiger partial charge in [0.05, 0.1) is 0 Å². The Hall–Kier alpha value is -0.830. The first-order valence-electron chi connectivity index (χ1n) is 5.37. The molecule has 1 aromatic rings. The Balaban J connectivity index is 3.00. The van der Waals surface area contributed by atoms with E-state index in [1.807, 2.05) is 46.0 Å². The van der Waals surface area contributed by atoms with Gasteiger partial charge in [-0.15, -0.1) is 0 Å². The second kappa shape index (κ2) is 5.48. The number of halogens is 1. The van der Waals surface area contributed by atoms with Crippen molar-refractivity contribution in [2.45, 2.75) is 26.8 Å². The smallest absolute Gasteiger partial charge is 0.254 e. The van der Waals surface area contributed by atoms with Gasteiger partial charge in [-0.25, -0.2) is 0 Å². The highest BCUT2D eigenvalue weighted by Gasteiger charge is 2.18. The van der Waals surface area contributed by atoms with Gasteiger partial charge in [-0.2, -0.15) is 0 Å². The molecule has 88 valence electrons. The molecular weight excluding hydrogens is 266 g/mol. The first kappa shape index (κ1) is 13.2. The number of hydrogen-bond acceptors (Lipinski definition) is 1. The molecule has 0 aliphatic carbocycles. The highest BCUT2D eigenvalue weighted by Crippen LogP contribution is 2.14. The molecule has 0 bridgehead atoms. The Morgan fingerprint density at radius 3 is 2.62 bits per heavy atom. The lowest BCUT2D eigenvalue weighted by atomic mass is 10.0. The summed E-state index contributed by atoms with van der Waals surface area (Å²) >= 11 is 3.40. The Labute approximate surface area is 106 Å². The van der Waals surface area contributed by atoms with Crippen LogP contribution in [0, 0.1) is 13.8 Å². The van der Waals surface area contributed by atoms with Crippen LogP contribution < -0.4 is 0 Å². The lowest BCUT2D eigenvalue weighted by Crippen LogP contribution is -2.36. The fourth-order valence-corrected chi connectivity index (χ4v) is 1.89. The van der Waals surface area contributed by atoms with Crippen LogP contribution in [-0.4, -0.2) is 29.2 Å². The lowest BCUT2D eigenvalue weighted by Gasteiger charge is -2.24. The van der Waals surface area contributed by atoms with Crippen LogP contribution in [0.3, 0.4) is 0 Å². The summed E-state index contributed by atoms with van der Waals surface area (Å²) in [6.07, 6.45) is 0. The highest BCUT2D eigenvalue weighted by atomic mass is 79.9. The third-order valence-electron chi connectivity index (χ3n) is 2.83. The average molecular weight is 284 g/mol. The molecule has 3 heteroatoms.